The largest absolute Gasteiger partial charge is 0.364 e. The van der Waals surface area contributed by atoms with E-state index in [1.807, 2.05) is 62.4 Å². The molecule has 8 nitrogen and oxygen atoms in total. The van der Waals surface area contributed by atoms with Gasteiger partial charge in [-0.15, -0.1) is 0 Å². The van der Waals surface area contributed by atoms with Crippen LogP contribution in [0.2, 0.25) is 0 Å². The van der Waals surface area contributed by atoms with E-state index in [1.165, 1.54) is 6.26 Å². The third kappa shape index (κ3) is 5.99. The highest BCUT2D eigenvalue weighted by molar-refractivity contribution is 6.01. The summed E-state index contributed by atoms with van der Waals surface area (Å²) in [5.41, 5.74) is 5.88. The third-order valence-electron chi connectivity index (χ3n) is 6.84. The summed E-state index contributed by atoms with van der Waals surface area (Å²) < 4.78 is 5.07. The van der Waals surface area contributed by atoms with Crippen LogP contribution in [0.5, 0.6) is 0 Å². The van der Waals surface area contributed by atoms with Crippen LogP contribution in [0.1, 0.15) is 59.4 Å². The molecule has 1 atom stereocenters. The number of carbonyl (C=O) groups is 2. The highest BCUT2D eigenvalue weighted by Crippen LogP contribution is 2.29. The Kier molecular flexibility index (Phi) is 8.15. The molecular weight excluding hydrogens is 454 g/mol. The fourth-order valence-electron chi connectivity index (χ4n) is 5.01. The van der Waals surface area contributed by atoms with Gasteiger partial charge < -0.3 is 20.1 Å². The predicted octanol–water partition coefficient (Wildman–Crippen LogP) is 4.73. The summed E-state index contributed by atoms with van der Waals surface area (Å²) >= 11 is 0. The summed E-state index contributed by atoms with van der Waals surface area (Å²) in [7, 11) is 3.80. The van der Waals surface area contributed by atoms with Crippen LogP contribution in [-0.2, 0) is 11.3 Å². The first kappa shape index (κ1) is 25.6. The van der Waals surface area contributed by atoms with E-state index in [9.17, 15) is 9.59 Å². The minimum Gasteiger partial charge on any atom is -0.364 e. The molecule has 1 fully saturated rings. The van der Waals surface area contributed by atoms with Crippen molar-refractivity contribution < 1.29 is 14.1 Å². The van der Waals surface area contributed by atoms with E-state index in [-0.39, 0.29) is 17.7 Å². The van der Waals surface area contributed by atoms with Gasteiger partial charge in [0.25, 0.3) is 5.91 Å². The Morgan fingerprint density at radius 1 is 1.08 bits per heavy atom. The van der Waals surface area contributed by atoms with E-state index < -0.39 is 6.04 Å². The fourth-order valence-corrected chi connectivity index (χ4v) is 5.01. The van der Waals surface area contributed by atoms with E-state index in [4.69, 9.17) is 4.52 Å². The van der Waals surface area contributed by atoms with Crippen LogP contribution >= 0.6 is 0 Å². The monoisotopic (exact) mass is 489 g/mol. The standard InChI is InChI=1S/C28H35N5O3/c1-18-14-15-29-19(2)25(18)20-10-12-22(13-11-20)30-28(35)26(21-8-6-5-7-9-21)31-27(34)23-17-36-32-24(23)16-33(3)4/h10-15,17,21,26H,5-9,16H2,1-4H3,(H,30,35)(H,31,34). The third-order valence-corrected chi connectivity index (χ3v) is 6.84. The van der Waals surface area contributed by atoms with Crippen molar-refractivity contribution in [1.82, 2.24) is 20.4 Å². The number of pyridine rings is 1. The summed E-state index contributed by atoms with van der Waals surface area (Å²) in [6.07, 6.45) is 8.25. The zero-order valence-electron chi connectivity index (χ0n) is 21.5. The second-order valence-electron chi connectivity index (χ2n) is 9.92. The van der Waals surface area contributed by atoms with E-state index in [0.29, 0.717) is 23.5 Å². The van der Waals surface area contributed by atoms with Crippen LogP contribution in [0.3, 0.4) is 0 Å². The van der Waals surface area contributed by atoms with Gasteiger partial charge in [-0.3, -0.25) is 14.6 Å². The lowest BCUT2D eigenvalue weighted by Gasteiger charge is -2.30. The van der Waals surface area contributed by atoms with Gasteiger partial charge in [-0.2, -0.15) is 0 Å². The van der Waals surface area contributed by atoms with E-state index in [0.717, 1.165) is 54.5 Å². The lowest BCUT2D eigenvalue weighted by atomic mass is 9.83. The van der Waals surface area contributed by atoms with Crippen molar-refractivity contribution in [2.75, 3.05) is 19.4 Å². The number of carbonyl (C=O) groups excluding carboxylic acids is 2. The highest BCUT2D eigenvalue weighted by atomic mass is 16.5. The molecule has 2 heterocycles. The molecular formula is C28H35N5O3. The van der Waals surface area contributed by atoms with Gasteiger partial charge >= 0.3 is 0 Å². The molecule has 1 aromatic carbocycles. The molecule has 2 amide bonds. The van der Waals surface area contributed by atoms with Crippen molar-refractivity contribution in [3.05, 3.63) is 65.3 Å². The molecule has 36 heavy (non-hydrogen) atoms. The number of nitrogens with one attached hydrogen (secondary N) is 2. The number of anilines is 1. The van der Waals surface area contributed by atoms with Crippen molar-refractivity contribution in [3.8, 4) is 11.1 Å². The first-order chi connectivity index (χ1) is 17.3. The molecule has 2 N–H and O–H groups in total. The molecule has 1 saturated carbocycles. The van der Waals surface area contributed by atoms with Crippen LogP contribution in [-0.4, -0.2) is 47.0 Å². The Bertz CT molecular complexity index is 1180. The molecule has 0 aliphatic heterocycles. The van der Waals surface area contributed by atoms with E-state index in [2.05, 4.69) is 27.7 Å². The number of nitrogens with zero attached hydrogens (tertiary/aromatic N) is 3. The SMILES string of the molecule is Cc1ccnc(C)c1-c1ccc(NC(=O)C(NC(=O)c2conc2CN(C)C)C2CCCCC2)cc1. The zero-order valence-corrected chi connectivity index (χ0v) is 21.5. The number of amides is 2. The molecule has 1 aliphatic carbocycles. The molecule has 1 aliphatic rings. The Morgan fingerprint density at radius 2 is 1.81 bits per heavy atom. The average molecular weight is 490 g/mol. The van der Waals surface area contributed by atoms with Crippen molar-refractivity contribution in [3.63, 3.8) is 0 Å². The van der Waals surface area contributed by atoms with Crippen molar-refractivity contribution in [2.24, 2.45) is 5.92 Å². The Labute approximate surface area is 212 Å². The molecule has 2 aromatic heterocycles. The zero-order chi connectivity index (χ0) is 25.7. The first-order valence-corrected chi connectivity index (χ1v) is 12.6. The van der Waals surface area contributed by atoms with Crippen molar-refractivity contribution >= 4 is 17.5 Å². The minimum absolute atomic E-state index is 0.0832. The van der Waals surface area contributed by atoms with Gasteiger partial charge in [-0.25, -0.2) is 0 Å². The van der Waals surface area contributed by atoms with Crippen LogP contribution in [0, 0.1) is 19.8 Å². The smallest absolute Gasteiger partial charge is 0.257 e. The van der Waals surface area contributed by atoms with E-state index in [1.54, 1.807) is 0 Å². The quantitative estimate of drug-likeness (QED) is 0.474. The summed E-state index contributed by atoms with van der Waals surface area (Å²) in [6, 6.07) is 9.14. The van der Waals surface area contributed by atoms with Crippen LogP contribution in [0.4, 0.5) is 5.69 Å². The molecule has 0 bridgehead atoms. The van der Waals surface area contributed by atoms with Gasteiger partial charge in [0.05, 0.1) is 0 Å². The Hall–Kier alpha value is -3.52. The van der Waals surface area contributed by atoms with Crippen molar-refractivity contribution in [2.45, 2.75) is 58.5 Å². The van der Waals surface area contributed by atoms with Gasteiger partial charge in [0.2, 0.25) is 5.91 Å². The Morgan fingerprint density at radius 3 is 2.47 bits per heavy atom. The maximum absolute atomic E-state index is 13.5. The van der Waals surface area contributed by atoms with Gasteiger partial charge in [0.15, 0.2) is 0 Å². The highest BCUT2D eigenvalue weighted by Gasteiger charge is 2.32. The summed E-state index contributed by atoms with van der Waals surface area (Å²) in [5, 5.41) is 10.00. The first-order valence-electron chi connectivity index (χ1n) is 12.6. The maximum Gasteiger partial charge on any atom is 0.257 e. The number of benzene rings is 1. The van der Waals surface area contributed by atoms with Crippen LogP contribution < -0.4 is 10.6 Å². The number of hydrogen-bond acceptors (Lipinski definition) is 6. The predicted molar refractivity (Wildman–Crippen MR) is 139 cm³/mol. The molecule has 190 valence electrons. The molecule has 0 spiro atoms. The second kappa shape index (κ2) is 11.5. The molecule has 4 rings (SSSR count). The maximum atomic E-state index is 13.5. The van der Waals surface area contributed by atoms with Crippen LogP contribution in [0.15, 0.2) is 47.3 Å². The fraction of sp³-hybridized carbons (Fsp3) is 0.429. The molecule has 3 aromatic rings. The summed E-state index contributed by atoms with van der Waals surface area (Å²) in [5.74, 6) is -0.459. The summed E-state index contributed by atoms with van der Waals surface area (Å²) in [6.45, 7) is 4.54. The topological polar surface area (TPSA) is 100 Å². The number of aromatic nitrogens is 2. The molecule has 1 unspecified atom stereocenters. The lowest BCUT2D eigenvalue weighted by Crippen LogP contribution is -2.49. The summed E-state index contributed by atoms with van der Waals surface area (Å²) in [4.78, 5) is 33.0. The van der Waals surface area contributed by atoms with Gasteiger partial charge in [0.1, 0.15) is 23.6 Å². The van der Waals surface area contributed by atoms with E-state index >= 15 is 0 Å². The second-order valence-corrected chi connectivity index (χ2v) is 9.92. The number of rotatable bonds is 8. The molecule has 0 saturated heterocycles. The van der Waals surface area contributed by atoms with Gasteiger partial charge in [-0.05, 0) is 76.0 Å². The number of aryl methyl sites for hydroxylation is 2. The number of hydrogen-bond donors (Lipinski definition) is 2. The molecule has 8 heteroatoms. The van der Waals surface area contributed by atoms with Gasteiger partial charge in [-0.1, -0.05) is 36.6 Å². The average Bonchev–Trinajstić information content (AvgIpc) is 3.31. The van der Waals surface area contributed by atoms with Gasteiger partial charge in [0, 0.05) is 29.7 Å². The minimum atomic E-state index is -0.637. The lowest BCUT2D eigenvalue weighted by molar-refractivity contribution is -0.119. The molecule has 0 radical (unpaired) electrons. The van der Waals surface area contributed by atoms with Crippen LogP contribution in [0.25, 0.3) is 11.1 Å². The normalized spacial score (nSPS) is 15.0. The van der Waals surface area contributed by atoms with Crippen molar-refractivity contribution in [1.29, 1.82) is 0 Å². The Balaban J connectivity index is 1.51.